The van der Waals surface area contributed by atoms with Gasteiger partial charge in [0.15, 0.2) is 0 Å². The molecule has 0 bridgehead atoms. The van der Waals surface area contributed by atoms with Crippen molar-refractivity contribution in [3.63, 3.8) is 0 Å². The molecule has 0 saturated carbocycles. The van der Waals surface area contributed by atoms with Gasteiger partial charge < -0.3 is 10.6 Å². The third-order valence-electron chi connectivity index (χ3n) is 6.44. The Morgan fingerprint density at radius 1 is 0.733 bits per heavy atom. The van der Waals surface area contributed by atoms with Crippen molar-refractivity contribution in [2.45, 2.75) is 64.5 Å². The van der Waals surface area contributed by atoms with Crippen LogP contribution in [0.4, 0.5) is 11.6 Å². The normalized spacial score (nSPS) is 15.5. The molecule has 0 saturated heterocycles. The molecule has 3 aromatic rings. The van der Waals surface area contributed by atoms with Crippen molar-refractivity contribution in [2.24, 2.45) is 14.1 Å². The molecule has 8 nitrogen and oxygen atoms in total. The molecular formula is C22H30N8. The van der Waals surface area contributed by atoms with Gasteiger partial charge >= 0.3 is 0 Å². The van der Waals surface area contributed by atoms with E-state index in [0.29, 0.717) is 0 Å². The van der Waals surface area contributed by atoms with E-state index in [0.717, 1.165) is 50.4 Å². The Labute approximate surface area is 177 Å². The molecule has 0 aromatic carbocycles. The quantitative estimate of drug-likeness (QED) is 0.655. The summed E-state index contributed by atoms with van der Waals surface area (Å²) in [6.45, 7) is 1.45. The van der Waals surface area contributed by atoms with Crippen molar-refractivity contribution in [3.05, 3.63) is 46.3 Å². The lowest BCUT2D eigenvalue weighted by molar-refractivity contribution is 0.664. The van der Waals surface area contributed by atoms with Crippen LogP contribution in [0.25, 0.3) is 0 Å². The zero-order chi connectivity index (χ0) is 20.5. The average Bonchev–Trinajstić information content (AvgIpc) is 3.26. The highest BCUT2D eigenvalue weighted by atomic mass is 15.3. The van der Waals surface area contributed by atoms with Crippen LogP contribution < -0.4 is 10.6 Å². The fraction of sp³-hybridized carbons (Fsp3) is 0.545. The standard InChI is InChI=1S/C22H30N8/c1-29-19(15-7-3-5-9-17(15)27-29)12-23-21-11-22(26-14-25-21)24-13-20-16-8-4-6-10-18(16)28-30(20)2/h11,14H,3-10,12-13H2,1-2H3,(H2,23,24,25,26). The Balaban J connectivity index is 1.25. The maximum Gasteiger partial charge on any atom is 0.131 e. The zero-order valence-corrected chi connectivity index (χ0v) is 17.9. The van der Waals surface area contributed by atoms with Gasteiger partial charge in [0.25, 0.3) is 0 Å². The van der Waals surface area contributed by atoms with E-state index in [-0.39, 0.29) is 0 Å². The third-order valence-corrected chi connectivity index (χ3v) is 6.44. The number of hydrogen-bond donors (Lipinski definition) is 2. The van der Waals surface area contributed by atoms with Crippen molar-refractivity contribution in [2.75, 3.05) is 10.6 Å². The Morgan fingerprint density at radius 2 is 1.20 bits per heavy atom. The predicted molar refractivity (Wildman–Crippen MR) is 116 cm³/mol. The second-order valence-corrected chi connectivity index (χ2v) is 8.40. The molecule has 158 valence electrons. The highest BCUT2D eigenvalue weighted by Gasteiger charge is 2.20. The van der Waals surface area contributed by atoms with Crippen LogP contribution in [0.2, 0.25) is 0 Å². The molecule has 0 aliphatic heterocycles. The molecule has 0 amide bonds. The highest BCUT2D eigenvalue weighted by Crippen LogP contribution is 2.25. The van der Waals surface area contributed by atoms with Crippen LogP contribution in [0, 0.1) is 0 Å². The van der Waals surface area contributed by atoms with E-state index in [1.54, 1.807) is 6.33 Å². The van der Waals surface area contributed by atoms with E-state index in [4.69, 9.17) is 10.2 Å². The monoisotopic (exact) mass is 406 g/mol. The van der Waals surface area contributed by atoms with Gasteiger partial charge in [0, 0.05) is 20.2 Å². The number of rotatable bonds is 6. The molecule has 0 fully saturated rings. The molecule has 5 rings (SSSR count). The number of aromatic nitrogens is 6. The first-order valence-electron chi connectivity index (χ1n) is 11.1. The minimum atomic E-state index is 0.727. The van der Waals surface area contributed by atoms with E-state index in [9.17, 15) is 0 Å². The Kier molecular flexibility index (Phi) is 5.14. The van der Waals surface area contributed by atoms with Gasteiger partial charge in [0.05, 0.1) is 35.9 Å². The summed E-state index contributed by atoms with van der Waals surface area (Å²) >= 11 is 0. The second kappa shape index (κ2) is 8.08. The summed E-state index contributed by atoms with van der Waals surface area (Å²) in [5, 5.41) is 16.3. The summed E-state index contributed by atoms with van der Waals surface area (Å²) in [4.78, 5) is 8.81. The molecule has 0 unspecified atom stereocenters. The first kappa shape index (κ1) is 19.1. The van der Waals surface area contributed by atoms with Crippen molar-refractivity contribution < 1.29 is 0 Å². The van der Waals surface area contributed by atoms with E-state index >= 15 is 0 Å². The molecule has 3 aromatic heterocycles. The maximum atomic E-state index is 4.71. The van der Waals surface area contributed by atoms with Crippen LogP contribution in [0.5, 0.6) is 0 Å². The minimum Gasteiger partial charge on any atom is -0.364 e. The number of nitrogens with zero attached hydrogens (tertiary/aromatic N) is 6. The summed E-state index contributed by atoms with van der Waals surface area (Å²) in [6.07, 6.45) is 11.1. The van der Waals surface area contributed by atoms with Crippen molar-refractivity contribution >= 4 is 11.6 Å². The summed E-state index contributed by atoms with van der Waals surface area (Å²) in [5.41, 5.74) is 7.91. The largest absolute Gasteiger partial charge is 0.364 e. The molecule has 8 heteroatoms. The molecule has 0 atom stereocenters. The van der Waals surface area contributed by atoms with Crippen molar-refractivity contribution in [1.29, 1.82) is 0 Å². The number of fused-ring (bicyclic) bond motifs is 2. The summed E-state index contributed by atoms with van der Waals surface area (Å²) in [6, 6.07) is 1.98. The first-order chi connectivity index (χ1) is 14.7. The fourth-order valence-corrected chi connectivity index (χ4v) is 4.84. The number of aryl methyl sites for hydroxylation is 4. The van der Waals surface area contributed by atoms with Crippen LogP contribution in [0.3, 0.4) is 0 Å². The molecule has 30 heavy (non-hydrogen) atoms. The zero-order valence-electron chi connectivity index (χ0n) is 17.9. The van der Waals surface area contributed by atoms with Crippen molar-refractivity contribution in [3.8, 4) is 0 Å². The lowest BCUT2D eigenvalue weighted by Crippen LogP contribution is -2.11. The van der Waals surface area contributed by atoms with E-state index in [1.807, 2.05) is 29.5 Å². The van der Waals surface area contributed by atoms with Gasteiger partial charge in [0.1, 0.15) is 18.0 Å². The molecule has 2 N–H and O–H groups in total. The van der Waals surface area contributed by atoms with Gasteiger partial charge in [-0.3, -0.25) is 9.36 Å². The van der Waals surface area contributed by atoms with Crippen LogP contribution in [-0.4, -0.2) is 29.5 Å². The van der Waals surface area contributed by atoms with E-state index in [2.05, 4.69) is 20.6 Å². The van der Waals surface area contributed by atoms with Gasteiger partial charge in [-0.25, -0.2) is 9.97 Å². The van der Waals surface area contributed by atoms with Crippen LogP contribution in [0.1, 0.15) is 59.6 Å². The number of hydrogen-bond acceptors (Lipinski definition) is 6. The van der Waals surface area contributed by atoms with Gasteiger partial charge in [-0.05, 0) is 62.5 Å². The molecule has 0 radical (unpaired) electrons. The SMILES string of the molecule is Cn1nc2c(c1CNc1cc(NCc3c4c(nn3C)CCCC4)ncn1)CCCC2. The number of nitrogens with one attached hydrogen (secondary N) is 2. The summed E-state index contributed by atoms with van der Waals surface area (Å²) in [5.74, 6) is 1.65. The van der Waals surface area contributed by atoms with Gasteiger partial charge in [-0.15, -0.1) is 0 Å². The molecule has 2 aliphatic carbocycles. The van der Waals surface area contributed by atoms with Gasteiger partial charge in [0.2, 0.25) is 0 Å². The molecule has 3 heterocycles. The predicted octanol–water partition coefficient (Wildman–Crippen LogP) is 2.93. The number of anilines is 2. The van der Waals surface area contributed by atoms with Crippen LogP contribution >= 0.6 is 0 Å². The molecule has 2 aliphatic rings. The summed E-state index contributed by atoms with van der Waals surface area (Å²) in [7, 11) is 4.08. The van der Waals surface area contributed by atoms with Gasteiger partial charge in [-0.2, -0.15) is 10.2 Å². The smallest absolute Gasteiger partial charge is 0.131 e. The summed E-state index contributed by atoms with van der Waals surface area (Å²) < 4.78 is 4.05. The van der Waals surface area contributed by atoms with E-state index < -0.39 is 0 Å². The van der Waals surface area contributed by atoms with E-state index in [1.165, 1.54) is 59.6 Å². The maximum absolute atomic E-state index is 4.71. The average molecular weight is 407 g/mol. The molecular weight excluding hydrogens is 376 g/mol. The van der Waals surface area contributed by atoms with Crippen LogP contribution in [-0.2, 0) is 52.9 Å². The lowest BCUT2D eigenvalue weighted by Gasteiger charge is -2.14. The topological polar surface area (TPSA) is 85.5 Å². The minimum absolute atomic E-state index is 0.727. The highest BCUT2D eigenvalue weighted by molar-refractivity contribution is 5.47. The van der Waals surface area contributed by atoms with Crippen molar-refractivity contribution in [1.82, 2.24) is 29.5 Å². The Hall–Kier alpha value is -2.90. The lowest BCUT2D eigenvalue weighted by atomic mass is 9.96. The fourth-order valence-electron chi connectivity index (χ4n) is 4.84. The first-order valence-corrected chi connectivity index (χ1v) is 11.1. The molecule has 0 spiro atoms. The Bertz CT molecular complexity index is 968. The Morgan fingerprint density at radius 3 is 1.70 bits per heavy atom. The third kappa shape index (κ3) is 3.66. The second-order valence-electron chi connectivity index (χ2n) is 8.40. The van der Waals surface area contributed by atoms with Crippen LogP contribution in [0.15, 0.2) is 12.4 Å². The van der Waals surface area contributed by atoms with Gasteiger partial charge in [-0.1, -0.05) is 0 Å².